The van der Waals surface area contributed by atoms with Gasteiger partial charge in [-0.15, -0.1) is 0 Å². The summed E-state index contributed by atoms with van der Waals surface area (Å²) in [6, 6.07) is 11.1. The zero-order valence-electron chi connectivity index (χ0n) is 17.0. The van der Waals surface area contributed by atoms with Gasteiger partial charge in [0, 0.05) is 30.9 Å². The Morgan fingerprint density at radius 3 is 2.53 bits per heavy atom. The van der Waals surface area contributed by atoms with Crippen LogP contribution in [-0.4, -0.2) is 30.7 Å². The van der Waals surface area contributed by atoms with Crippen LogP contribution in [0.3, 0.4) is 0 Å². The summed E-state index contributed by atoms with van der Waals surface area (Å²) in [6.45, 7) is 4.45. The van der Waals surface area contributed by atoms with Gasteiger partial charge in [-0.25, -0.2) is 8.42 Å². The van der Waals surface area contributed by atoms with Gasteiger partial charge in [0.25, 0.3) is 15.9 Å². The zero-order valence-corrected chi connectivity index (χ0v) is 17.9. The van der Waals surface area contributed by atoms with Gasteiger partial charge in [0.1, 0.15) is 5.75 Å². The van der Waals surface area contributed by atoms with Gasteiger partial charge in [-0.3, -0.25) is 14.2 Å². The average Bonchev–Trinajstić information content (AvgIpc) is 3.13. The van der Waals surface area contributed by atoms with Gasteiger partial charge in [-0.1, -0.05) is 6.07 Å². The summed E-state index contributed by atoms with van der Waals surface area (Å²) in [7, 11) is -2.01. The predicted molar refractivity (Wildman–Crippen MR) is 114 cm³/mol. The molecule has 8 nitrogen and oxygen atoms in total. The fourth-order valence-electron chi connectivity index (χ4n) is 2.81. The lowest BCUT2D eigenvalue weighted by Gasteiger charge is -2.13. The van der Waals surface area contributed by atoms with Gasteiger partial charge in [0.2, 0.25) is 0 Å². The van der Waals surface area contributed by atoms with Crippen LogP contribution in [0.5, 0.6) is 5.75 Å². The van der Waals surface area contributed by atoms with Crippen molar-refractivity contribution in [2.45, 2.75) is 25.3 Å². The second-order valence-electron chi connectivity index (χ2n) is 6.74. The lowest BCUT2D eigenvalue weighted by molar-refractivity contribution is 0.0951. The molecule has 0 atom stereocenters. The maximum Gasteiger partial charge on any atom is 0.261 e. The van der Waals surface area contributed by atoms with E-state index < -0.39 is 10.0 Å². The van der Waals surface area contributed by atoms with Crippen molar-refractivity contribution in [1.29, 1.82) is 0 Å². The van der Waals surface area contributed by atoms with E-state index in [1.807, 2.05) is 13.1 Å². The number of sulfonamides is 1. The largest absolute Gasteiger partial charge is 0.494 e. The topological polar surface area (TPSA) is 102 Å². The molecular weight excluding hydrogens is 404 g/mol. The Labute approximate surface area is 175 Å². The number of carbonyl (C=O) groups is 1. The van der Waals surface area contributed by atoms with E-state index in [2.05, 4.69) is 15.1 Å². The number of ether oxygens (including phenoxy) is 1. The minimum Gasteiger partial charge on any atom is -0.494 e. The molecule has 3 aromatic rings. The minimum atomic E-state index is -3.81. The molecule has 0 bridgehead atoms. The van der Waals surface area contributed by atoms with Gasteiger partial charge < -0.3 is 10.1 Å². The number of benzene rings is 2. The normalized spacial score (nSPS) is 11.2. The second kappa shape index (κ2) is 9.00. The van der Waals surface area contributed by atoms with Crippen LogP contribution in [0.1, 0.15) is 28.4 Å². The van der Waals surface area contributed by atoms with Crippen molar-refractivity contribution in [3.63, 3.8) is 0 Å². The summed E-state index contributed by atoms with van der Waals surface area (Å²) in [5.41, 5.74) is 2.27. The fourth-order valence-corrected chi connectivity index (χ4v) is 3.93. The van der Waals surface area contributed by atoms with Gasteiger partial charge in [0.05, 0.1) is 23.4 Å². The van der Waals surface area contributed by atoms with E-state index in [-0.39, 0.29) is 10.8 Å². The Kier molecular flexibility index (Phi) is 6.41. The van der Waals surface area contributed by atoms with Crippen LogP contribution in [0.25, 0.3) is 0 Å². The van der Waals surface area contributed by atoms with Gasteiger partial charge in [-0.05, 0) is 55.8 Å². The van der Waals surface area contributed by atoms with E-state index in [9.17, 15) is 13.2 Å². The number of hydrogen-bond acceptors (Lipinski definition) is 5. The molecule has 0 saturated heterocycles. The summed E-state index contributed by atoms with van der Waals surface area (Å²) >= 11 is 0. The molecule has 0 spiro atoms. The van der Waals surface area contributed by atoms with Crippen LogP contribution in [0.4, 0.5) is 5.69 Å². The van der Waals surface area contributed by atoms with E-state index in [4.69, 9.17) is 4.74 Å². The van der Waals surface area contributed by atoms with Crippen molar-refractivity contribution in [2.75, 3.05) is 11.3 Å². The van der Waals surface area contributed by atoms with E-state index >= 15 is 0 Å². The van der Waals surface area contributed by atoms with Crippen LogP contribution >= 0.6 is 0 Å². The smallest absolute Gasteiger partial charge is 0.261 e. The molecule has 2 N–H and O–H groups in total. The Balaban J connectivity index is 1.74. The van der Waals surface area contributed by atoms with Crippen molar-refractivity contribution in [3.8, 4) is 5.75 Å². The second-order valence-corrected chi connectivity index (χ2v) is 8.43. The van der Waals surface area contributed by atoms with Crippen molar-refractivity contribution >= 4 is 21.6 Å². The Bertz CT molecular complexity index is 1140. The number of anilines is 1. The molecule has 0 aliphatic carbocycles. The number of aryl methyl sites for hydroxylation is 2. The van der Waals surface area contributed by atoms with Crippen LogP contribution in [-0.2, 0) is 23.6 Å². The van der Waals surface area contributed by atoms with Crippen LogP contribution in [0.15, 0.2) is 59.8 Å². The zero-order chi connectivity index (χ0) is 21.7. The highest BCUT2D eigenvalue weighted by Crippen LogP contribution is 2.23. The molecule has 9 heteroatoms. The molecule has 1 aromatic heterocycles. The molecule has 0 radical (unpaired) electrons. The molecule has 0 fully saturated rings. The molecule has 0 unspecified atom stereocenters. The lowest BCUT2D eigenvalue weighted by atomic mass is 10.1. The maximum absolute atomic E-state index is 12.8. The van der Waals surface area contributed by atoms with Crippen LogP contribution in [0, 0.1) is 6.92 Å². The summed E-state index contributed by atoms with van der Waals surface area (Å²) < 4.78 is 35.1. The van der Waals surface area contributed by atoms with Crippen LogP contribution < -0.4 is 14.8 Å². The number of nitrogens with one attached hydrogen (secondary N) is 2. The quantitative estimate of drug-likeness (QED) is 0.574. The Morgan fingerprint density at radius 2 is 1.90 bits per heavy atom. The van der Waals surface area contributed by atoms with Crippen molar-refractivity contribution < 1.29 is 17.9 Å². The molecule has 158 valence electrons. The van der Waals surface area contributed by atoms with Crippen molar-refractivity contribution in [3.05, 3.63) is 71.5 Å². The van der Waals surface area contributed by atoms with E-state index in [0.29, 0.717) is 35.7 Å². The first-order valence-electron chi connectivity index (χ1n) is 9.40. The van der Waals surface area contributed by atoms with E-state index in [0.717, 1.165) is 5.56 Å². The first-order chi connectivity index (χ1) is 14.3. The third kappa shape index (κ3) is 5.18. The average molecular weight is 429 g/mol. The lowest BCUT2D eigenvalue weighted by Crippen LogP contribution is -2.23. The maximum atomic E-state index is 12.8. The summed E-state index contributed by atoms with van der Waals surface area (Å²) in [6.07, 6.45) is 3.48. The first-order valence-corrected chi connectivity index (χ1v) is 10.9. The van der Waals surface area contributed by atoms with E-state index in [1.165, 1.54) is 18.2 Å². The number of hydrogen-bond donors (Lipinski definition) is 2. The predicted octanol–water partition coefficient (Wildman–Crippen LogP) is 2.86. The molecule has 0 saturated carbocycles. The van der Waals surface area contributed by atoms with Crippen molar-refractivity contribution in [1.82, 2.24) is 15.1 Å². The van der Waals surface area contributed by atoms with Gasteiger partial charge in [0.15, 0.2) is 0 Å². The molecule has 1 heterocycles. The molecular formula is C21H24N4O4S. The first kappa shape index (κ1) is 21.4. The van der Waals surface area contributed by atoms with Crippen LogP contribution in [0.2, 0.25) is 0 Å². The molecule has 1 amide bonds. The Hall–Kier alpha value is -3.33. The van der Waals surface area contributed by atoms with Gasteiger partial charge >= 0.3 is 0 Å². The number of nitrogens with zero attached hydrogens (tertiary/aromatic N) is 2. The molecule has 0 aliphatic heterocycles. The SMILES string of the molecule is CCOc1ccc(S(=O)(=O)Nc2cc(C(=O)NCc3cnn(C)c3)ccc2C)cc1. The molecule has 30 heavy (non-hydrogen) atoms. The standard InChI is InChI=1S/C21H24N4O4S/c1-4-29-18-7-9-19(10-8-18)30(27,28)24-20-11-17(6-5-15(20)2)21(26)22-12-16-13-23-25(3)14-16/h5-11,13-14,24H,4,12H2,1-3H3,(H,22,26). The third-order valence-corrected chi connectivity index (χ3v) is 5.78. The molecule has 3 rings (SSSR count). The highest BCUT2D eigenvalue weighted by atomic mass is 32.2. The van der Waals surface area contributed by atoms with E-state index in [1.54, 1.807) is 49.1 Å². The highest BCUT2D eigenvalue weighted by Gasteiger charge is 2.17. The van der Waals surface area contributed by atoms with Crippen molar-refractivity contribution in [2.24, 2.45) is 7.05 Å². The molecule has 2 aromatic carbocycles. The summed E-state index contributed by atoms with van der Waals surface area (Å²) in [5, 5.41) is 6.86. The Morgan fingerprint density at radius 1 is 1.17 bits per heavy atom. The van der Waals surface area contributed by atoms with Gasteiger partial charge in [-0.2, -0.15) is 5.10 Å². The fraction of sp³-hybridized carbons (Fsp3) is 0.238. The third-order valence-electron chi connectivity index (χ3n) is 4.40. The number of aromatic nitrogens is 2. The molecule has 0 aliphatic rings. The number of carbonyl (C=O) groups excluding carboxylic acids is 1. The number of rotatable bonds is 8. The summed E-state index contributed by atoms with van der Waals surface area (Å²) in [4.78, 5) is 12.6. The minimum absolute atomic E-state index is 0.108. The number of amides is 1. The highest BCUT2D eigenvalue weighted by molar-refractivity contribution is 7.92. The monoisotopic (exact) mass is 428 g/mol. The summed E-state index contributed by atoms with van der Waals surface area (Å²) in [5.74, 6) is 0.292.